The van der Waals surface area contributed by atoms with E-state index >= 15 is 0 Å². The molecule has 1 saturated heterocycles. The van der Waals surface area contributed by atoms with Crippen molar-refractivity contribution in [2.75, 3.05) is 33.4 Å². The Morgan fingerprint density at radius 3 is 2.67 bits per heavy atom. The first kappa shape index (κ1) is 21.2. The van der Waals surface area contributed by atoms with Crippen LogP contribution in [0.5, 0.6) is 0 Å². The molecule has 1 heterocycles. The van der Waals surface area contributed by atoms with E-state index in [1.54, 1.807) is 0 Å². The summed E-state index contributed by atoms with van der Waals surface area (Å²) in [6.45, 7) is 10.9. The van der Waals surface area contributed by atoms with Gasteiger partial charge in [-0.25, -0.2) is 0 Å². The highest BCUT2D eigenvalue weighted by atomic mass is 127. The largest absolute Gasteiger partial charge is 0.379 e. The van der Waals surface area contributed by atoms with Gasteiger partial charge in [0.05, 0.1) is 13.2 Å². The second kappa shape index (κ2) is 10.9. The predicted octanol–water partition coefficient (Wildman–Crippen LogP) is 2.39. The molecule has 0 aliphatic carbocycles. The van der Waals surface area contributed by atoms with Crippen LogP contribution in [0.4, 0.5) is 0 Å². The Morgan fingerprint density at radius 1 is 1.33 bits per heavy atom. The van der Waals surface area contributed by atoms with Crippen LogP contribution in [0.25, 0.3) is 0 Å². The summed E-state index contributed by atoms with van der Waals surface area (Å²) < 4.78 is 5.51. The zero-order chi connectivity index (χ0) is 16.7. The lowest BCUT2D eigenvalue weighted by atomic mass is 10.1. The Morgan fingerprint density at radius 2 is 2.04 bits per heavy atom. The highest BCUT2D eigenvalue weighted by Crippen LogP contribution is 2.10. The van der Waals surface area contributed by atoms with E-state index in [9.17, 15) is 0 Å². The summed E-state index contributed by atoms with van der Waals surface area (Å²) in [4.78, 5) is 6.80. The summed E-state index contributed by atoms with van der Waals surface area (Å²) in [5, 5.41) is 6.80. The first-order valence-corrected chi connectivity index (χ1v) is 8.43. The summed E-state index contributed by atoms with van der Waals surface area (Å²) in [6, 6.07) is 9.49. The minimum absolute atomic E-state index is 0. The molecule has 136 valence electrons. The smallest absolute Gasteiger partial charge is 0.191 e. The van der Waals surface area contributed by atoms with Crippen molar-refractivity contribution in [1.82, 2.24) is 15.5 Å². The van der Waals surface area contributed by atoms with Crippen LogP contribution in [-0.4, -0.2) is 56.3 Å². The van der Waals surface area contributed by atoms with E-state index in [0.29, 0.717) is 12.1 Å². The number of ether oxygens (including phenoxy) is 1. The summed E-state index contributed by atoms with van der Waals surface area (Å²) in [5.41, 5.74) is 2.54. The third-order valence-corrected chi connectivity index (χ3v) is 4.35. The van der Waals surface area contributed by atoms with Gasteiger partial charge in [0.2, 0.25) is 0 Å². The number of nitrogens with one attached hydrogen (secondary N) is 2. The van der Waals surface area contributed by atoms with Crippen molar-refractivity contribution in [2.45, 2.75) is 39.4 Å². The minimum atomic E-state index is 0. The summed E-state index contributed by atoms with van der Waals surface area (Å²) >= 11 is 0. The summed E-state index contributed by atoms with van der Waals surface area (Å²) in [5.74, 6) is 0.846. The van der Waals surface area contributed by atoms with Crippen molar-refractivity contribution < 1.29 is 4.74 Å². The van der Waals surface area contributed by atoms with Gasteiger partial charge in [-0.05, 0) is 26.3 Å². The van der Waals surface area contributed by atoms with Crippen LogP contribution >= 0.6 is 24.0 Å². The molecule has 2 atom stereocenters. The van der Waals surface area contributed by atoms with Crippen molar-refractivity contribution in [2.24, 2.45) is 4.99 Å². The van der Waals surface area contributed by atoms with Crippen molar-refractivity contribution in [1.29, 1.82) is 0 Å². The van der Waals surface area contributed by atoms with E-state index in [4.69, 9.17) is 4.74 Å². The molecular formula is C18H31IN4O. The number of hydrogen-bond donors (Lipinski definition) is 2. The number of benzene rings is 1. The van der Waals surface area contributed by atoms with E-state index in [1.807, 2.05) is 7.05 Å². The maximum Gasteiger partial charge on any atom is 0.191 e. The zero-order valence-electron chi connectivity index (χ0n) is 15.2. The highest BCUT2D eigenvalue weighted by Gasteiger charge is 2.23. The average Bonchev–Trinajstić information content (AvgIpc) is 2.56. The number of aliphatic imine (C=N–C) groups is 1. The van der Waals surface area contributed by atoms with Gasteiger partial charge in [-0.1, -0.05) is 29.8 Å². The number of aryl methyl sites for hydroxylation is 1. The lowest BCUT2D eigenvalue weighted by molar-refractivity contribution is -0.0174. The monoisotopic (exact) mass is 446 g/mol. The second-order valence-electron chi connectivity index (χ2n) is 6.30. The molecule has 0 bridgehead atoms. The number of morpholine rings is 1. The first-order chi connectivity index (χ1) is 11.1. The van der Waals surface area contributed by atoms with E-state index in [-0.39, 0.29) is 24.0 Å². The third-order valence-electron chi connectivity index (χ3n) is 4.35. The lowest BCUT2D eigenvalue weighted by Gasteiger charge is -2.38. The van der Waals surface area contributed by atoms with Crippen LogP contribution in [0.2, 0.25) is 0 Å². The average molecular weight is 446 g/mol. The fourth-order valence-electron chi connectivity index (χ4n) is 2.87. The van der Waals surface area contributed by atoms with Gasteiger partial charge < -0.3 is 15.4 Å². The molecule has 0 spiro atoms. The van der Waals surface area contributed by atoms with Crippen molar-refractivity contribution >= 4 is 29.9 Å². The molecule has 1 aromatic carbocycles. The fraction of sp³-hybridized carbons (Fsp3) is 0.611. The van der Waals surface area contributed by atoms with Crippen LogP contribution in [-0.2, 0) is 11.3 Å². The van der Waals surface area contributed by atoms with Crippen molar-refractivity contribution in [3.8, 4) is 0 Å². The molecule has 1 fully saturated rings. The summed E-state index contributed by atoms with van der Waals surface area (Å²) in [6.07, 6.45) is 0. The van der Waals surface area contributed by atoms with Gasteiger partial charge in [-0.3, -0.25) is 9.89 Å². The van der Waals surface area contributed by atoms with Gasteiger partial charge in [0.15, 0.2) is 5.96 Å². The number of nitrogens with zero attached hydrogens (tertiary/aromatic N) is 2. The molecule has 2 N–H and O–H groups in total. The Labute approximate surface area is 163 Å². The number of guanidine groups is 1. The normalized spacial score (nSPS) is 20.2. The van der Waals surface area contributed by atoms with Gasteiger partial charge in [0, 0.05) is 38.8 Å². The van der Waals surface area contributed by atoms with E-state index in [2.05, 4.69) is 65.6 Å². The molecule has 5 nitrogen and oxygen atoms in total. The van der Waals surface area contributed by atoms with Crippen LogP contribution in [0, 0.1) is 6.92 Å². The Kier molecular flexibility index (Phi) is 9.61. The van der Waals surface area contributed by atoms with Gasteiger partial charge in [-0.15, -0.1) is 24.0 Å². The molecule has 1 aromatic rings. The highest BCUT2D eigenvalue weighted by molar-refractivity contribution is 14.0. The van der Waals surface area contributed by atoms with Crippen LogP contribution in [0.3, 0.4) is 0 Å². The summed E-state index contributed by atoms with van der Waals surface area (Å²) in [7, 11) is 1.81. The molecule has 0 aromatic heterocycles. The topological polar surface area (TPSA) is 48.9 Å². The second-order valence-corrected chi connectivity index (χ2v) is 6.30. The maximum absolute atomic E-state index is 5.51. The van der Waals surface area contributed by atoms with E-state index in [0.717, 1.165) is 38.8 Å². The number of halogens is 1. The van der Waals surface area contributed by atoms with E-state index in [1.165, 1.54) is 11.1 Å². The minimum Gasteiger partial charge on any atom is -0.379 e. The van der Waals surface area contributed by atoms with Gasteiger partial charge >= 0.3 is 0 Å². The Balaban J connectivity index is 0.00000288. The van der Waals surface area contributed by atoms with Gasteiger partial charge in [0.1, 0.15) is 0 Å². The third kappa shape index (κ3) is 6.57. The lowest BCUT2D eigenvalue weighted by Crippen LogP contribution is -2.52. The maximum atomic E-state index is 5.51. The van der Waals surface area contributed by atoms with E-state index < -0.39 is 0 Å². The molecule has 0 saturated carbocycles. The Hall–Kier alpha value is -0.860. The first-order valence-electron chi connectivity index (χ1n) is 8.43. The van der Waals surface area contributed by atoms with Crippen LogP contribution in [0.1, 0.15) is 25.0 Å². The molecule has 24 heavy (non-hydrogen) atoms. The predicted molar refractivity (Wildman–Crippen MR) is 111 cm³/mol. The molecular weight excluding hydrogens is 415 g/mol. The number of rotatable bonds is 5. The fourth-order valence-corrected chi connectivity index (χ4v) is 2.87. The molecule has 2 unspecified atom stereocenters. The van der Waals surface area contributed by atoms with Crippen molar-refractivity contribution in [3.05, 3.63) is 35.4 Å². The van der Waals surface area contributed by atoms with Crippen LogP contribution in [0.15, 0.2) is 29.3 Å². The molecule has 0 radical (unpaired) electrons. The molecule has 0 amide bonds. The zero-order valence-corrected chi connectivity index (χ0v) is 17.5. The molecule has 1 aliphatic rings. The quantitative estimate of drug-likeness (QED) is 0.415. The van der Waals surface area contributed by atoms with Gasteiger partial charge in [-0.2, -0.15) is 0 Å². The molecule has 2 rings (SSSR count). The van der Waals surface area contributed by atoms with Crippen molar-refractivity contribution in [3.63, 3.8) is 0 Å². The molecule has 1 aliphatic heterocycles. The SMILES string of the molecule is CN=C(NCc1ccc(C)cc1)NCC(C)N1CCOCC1C.I. The Bertz CT molecular complexity index is 506. The molecule has 6 heteroatoms. The number of hydrogen-bond acceptors (Lipinski definition) is 3. The standard InChI is InChI=1S/C18H30N4O.HI/c1-14-5-7-17(8-6-14)12-21-18(19-4)20-11-15(2)22-9-10-23-13-16(22)3;/h5-8,15-16H,9-13H2,1-4H3,(H2,19,20,21);1H. The van der Waals surface area contributed by atoms with Gasteiger partial charge in [0.25, 0.3) is 0 Å². The van der Waals surface area contributed by atoms with Crippen LogP contribution < -0.4 is 10.6 Å².